The molecule has 1 aromatic heterocycles. The van der Waals surface area contributed by atoms with Gasteiger partial charge >= 0.3 is 0 Å². The number of anilines is 1. The molecule has 0 radical (unpaired) electrons. The van der Waals surface area contributed by atoms with E-state index in [2.05, 4.69) is 78.4 Å². The van der Waals surface area contributed by atoms with Gasteiger partial charge in [-0.1, -0.05) is 89.8 Å². The monoisotopic (exact) mass is 449 g/mol. The van der Waals surface area contributed by atoms with Crippen molar-refractivity contribution >= 4 is 17.3 Å². The van der Waals surface area contributed by atoms with Crippen molar-refractivity contribution in [3.63, 3.8) is 0 Å². The maximum Gasteiger partial charge on any atom is 0.222 e. The highest BCUT2D eigenvalue weighted by Crippen LogP contribution is 2.28. The van der Waals surface area contributed by atoms with E-state index >= 15 is 0 Å². The summed E-state index contributed by atoms with van der Waals surface area (Å²) < 4.78 is 0. The topological polar surface area (TPSA) is 67.1 Å². The lowest BCUT2D eigenvalue weighted by molar-refractivity contribution is 0.579. The fourth-order valence-corrected chi connectivity index (χ4v) is 3.23. The van der Waals surface area contributed by atoms with Crippen LogP contribution in [0.25, 0.3) is 11.4 Å². The maximum atomic E-state index is 6.61. The van der Waals surface area contributed by atoms with Crippen molar-refractivity contribution < 1.29 is 0 Å². The van der Waals surface area contributed by atoms with Gasteiger partial charge in [-0.3, -0.25) is 0 Å². The molecule has 1 aliphatic rings. The van der Waals surface area contributed by atoms with Crippen molar-refractivity contribution in [2.24, 2.45) is 5.73 Å². The second-order valence-electron chi connectivity index (χ2n) is 7.60. The Balaban J connectivity index is 0.000000689. The van der Waals surface area contributed by atoms with E-state index in [0.717, 1.165) is 29.9 Å². The quantitative estimate of drug-likeness (QED) is 0.476. The van der Waals surface area contributed by atoms with Gasteiger partial charge in [0.2, 0.25) is 5.95 Å². The lowest BCUT2D eigenvalue weighted by Crippen LogP contribution is -2.22. The van der Waals surface area contributed by atoms with Gasteiger partial charge in [-0.2, -0.15) is 0 Å². The van der Waals surface area contributed by atoms with Crippen LogP contribution in [0.2, 0.25) is 0 Å². The van der Waals surface area contributed by atoms with Gasteiger partial charge in [-0.15, -0.1) is 0 Å². The van der Waals surface area contributed by atoms with E-state index in [1.54, 1.807) is 6.20 Å². The second kappa shape index (κ2) is 15.7. The third-order valence-corrected chi connectivity index (χ3v) is 5.16. The van der Waals surface area contributed by atoms with E-state index < -0.39 is 0 Å². The Kier molecular flexibility index (Phi) is 13.3. The minimum Gasteiger partial charge on any atom is -0.396 e. The van der Waals surface area contributed by atoms with E-state index in [1.807, 2.05) is 39.1 Å². The lowest BCUT2D eigenvalue weighted by atomic mass is 10.0. The summed E-state index contributed by atoms with van der Waals surface area (Å²) in [6.45, 7) is 13.4. The van der Waals surface area contributed by atoms with Crippen molar-refractivity contribution in [1.29, 1.82) is 0 Å². The van der Waals surface area contributed by atoms with Crippen LogP contribution in [0, 0.1) is 6.92 Å². The number of hydrogen-bond acceptors (Lipinski definition) is 5. The van der Waals surface area contributed by atoms with Crippen molar-refractivity contribution in [1.82, 2.24) is 14.9 Å². The Hall–Kier alpha value is -3.08. The summed E-state index contributed by atoms with van der Waals surface area (Å²) in [5.41, 5.74) is 12.5. The molecule has 0 saturated heterocycles. The zero-order valence-electron chi connectivity index (χ0n) is 21.7. The van der Waals surface area contributed by atoms with Crippen LogP contribution in [-0.2, 0) is 0 Å². The maximum absolute atomic E-state index is 6.61. The third-order valence-electron chi connectivity index (χ3n) is 5.16. The minimum atomic E-state index is 0.572. The van der Waals surface area contributed by atoms with Crippen molar-refractivity contribution in [2.45, 2.75) is 67.2 Å². The number of unbranched alkanes of at least 4 members (excludes halogenated alkanes) is 2. The number of nitrogens with two attached hydrogens (primary N) is 1. The summed E-state index contributed by atoms with van der Waals surface area (Å²) in [5.74, 6) is 0.572. The minimum absolute atomic E-state index is 0.572. The molecule has 0 saturated carbocycles. The van der Waals surface area contributed by atoms with Crippen LogP contribution in [0.1, 0.15) is 77.1 Å². The molecule has 180 valence electrons. The van der Waals surface area contributed by atoms with Crippen LogP contribution in [0.4, 0.5) is 5.95 Å². The fraction of sp³-hybridized carbons (Fsp3) is 0.429. The largest absolute Gasteiger partial charge is 0.396 e. The summed E-state index contributed by atoms with van der Waals surface area (Å²) in [6.07, 6.45) is 13.3. The molecule has 5 nitrogen and oxygen atoms in total. The predicted octanol–water partition coefficient (Wildman–Crippen LogP) is 7.00. The number of hydrogen-bond donors (Lipinski definition) is 2. The van der Waals surface area contributed by atoms with Crippen LogP contribution >= 0.6 is 0 Å². The molecule has 0 fully saturated rings. The van der Waals surface area contributed by atoms with E-state index in [4.69, 9.17) is 5.73 Å². The molecule has 3 rings (SSSR count). The summed E-state index contributed by atoms with van der Waals surface area (Å²) in [4.78, 5) is 11.0. The first kappa shape index (κ1) is 28.0. The first-order chi connectivity index (χ1) is 16.0. The van der Waals surface area contributed by atoms with Gasteiger partial charge in [0.25, 0.3) is 0 Å². The number of benzene rings is 1. The molecule has 0 spiro atoms. The van der Waals surface area contributed by atoms with E-state index in [-0.39, 0.29) is 0 Å². The standard InChI is InChI=1S/C21H25N5.C5H12.C2H6/c1-4-16-10-13-26(14-11-16)20(18-9-12-24-21(23-3)25-18)19(22)17-7-5-15(2)6-8-17;1-3-5-4-2;1-2/h5-13H,4,14,22H2,1-3H3,(H,23,24,25);3-5H2,1-2H3;1-2H3/b20-19-;;. The molecular weight excluding hydrogens is 406 g/mol. The van der Waals surface area contributed by atoms with Crippen LogP contribution in [0.3, 0.4) is 0 Å². The molecule has 0 atom stereocenters. The molecule has 3 N–H and O–H groups in total. The van der Waals surface area contributed by atoms with Crippen LogP contribution < -0.4 is 11.1 Å². The Morgan fingerprint density at radius 1 is 1.06 bits per heavy atom. The Morgan fingerprint density at radius 3 is 2.21 bits per heavy atom. The third kappa shape index (κ3) is 8.76. The van der Waals surface area contributed by atoms with E-state index in [1.165, 1.54) is 30.4 Å². The molecule has 5 heteroatoms. The Bertz CT molecular complexity index is 908. The molecule has 1 aliphatic heterocycles. The van der Waals surface area contributed by atoms with Gasteiger partial charge in [-0.05, 0) is 36.6 Å². The van der Waals surface area contributed by atoms with Gasteiger partial charge in [0.1, 0.15) is 0 Å². The average Bonchev–Trinajstić information content (AvgIpc) is 2.87. The van der Waals surface area contributed by atoms with E-state index in [0.29, 0.717) is 11.6 Å². The van der Waals surface area contributed by atoms with Gasteiger partial charge in [0.05, 0.1) is 17.1 Å². The second-order valence-corrected chi connectivity index (χ2v) is 7.60. The number of nitrogens with zero attached hydrogens (tertiary/aromatic N) is 3. The predicted molar refractivity (Wildman–Crippen MR) is 145 cm³/mol. The summed E-state index contributed by atoms with van der Waals surface area (Å²) in [5, 5.41) is 2.99. The zero-order chi connectivity index (χ0) is 24.6. The first-order valence-electron chi connectivity index (χ1n) is 12.3. The van der Waals surface area contributed by atoms with Crippen LogP contribution in [0.15, 0.2) is 60.5 Å². The molecule has 2 aromatic rings. The summed E-state index contributed by atoms with van der Waals surface area (Å²) >= 11 is 0. The molecular formula is C28H43N5. The molecule has 0 unspecified atom stereocenters. The zero-order valence-corrected chi connectivity index (χ0v) is 21.7. The van der Waals surface area contributed by atoms with Gasteiger partial charge < -0.3 is 16.0 Å². The fourth-order valence-electron chi connectivity index (χ4n) is 3.23. The number of allylic oxidation sites excluding steroid dienone is 2. The number of rotatable bonds is 7. The van der Waals surface area contributed by atoms with Gasteiger partial charge in [0.15, 0.2) is 0 Å². The van der Waals surface area contributed by atoms with Crippen molar-refractivity contribution in [3.05, 3.63) is 77.3 Å². The SMILES string of the molecule is CC.CCC1=CCN(/C(=C(\N)c2ccc(C)cc2)c2ccnc(NC)n2)C=C1.CCCCC. The van der Waals surface area contributed by atoms with Gasteiger partial charge in [-0.25, -0.2) is 9.97 Å². The molecule has 1 aromatic carbocycles. The van der Waals surface area contributed by atoms with Crippen LogP contribution in [-0.4, -0.2) is 28.5 Å². The molecule has 0 aliphatic carbocycles. The molecule has 33 heavy (non-hydrogen) atoms. The normalized spacial score (nSPS) is 13.1. The summed E-state index contributed by atoms with van der Waals surface area (Å²) in [7, 11) is 1.81. The molecule has 0 bridgehead atoms. The Labute approximate surface area is 201 Å². The van der Waals surface area contributed by atoms with E-state index in [9.17, 15) is 0 Å². The number of aryl methyl sites for hydroxylation is 1. The first-order valence-corrected chi connectivity index (χ1v) is 12.3. The Morgan fingerprint density at radius 2 is 1.73 bits per heavy atom. The van der Waals surface area contributed by atoms with Crippen molar-refractivity contribution in [2.75, 3.05) is 18.9 Å². The highest BCUT2D eigenvalue weighted by molar-refractivity contribution is 5.88. The number of nitrogens with one attached hydrogen (secondary N) is 1. The highest BCUT2D eigenvalue weighted by atomic mass is 15.2. The lowest BCUT2D eigenvalue weighted by Gasteiger charge is -2.27. The molecule has 2 heterocycles. The van der Waals surface area contributed by atoms with Gasteiger partial charge in [0, 0.05) is 26.0 Å². The highest BCUT2D eigenvalue weighted by Gasteiger charge is 2.18. The summed E-state index contributed by atoms with van der Waals surface area (Å²) in [6, 6.07) is 10.1. The average molecular weight is 450 g/mol. The number of aromatic nitrogens is 2. The van der Waals surface area contributed by atoms with Crippen LogP contribution in [0.5, 0.6) is 0 Å². The smallest absolute Gasteiger partial charge is 0.222 e. The van der Waals surface area contributed by atoms with Crippen molar-refractivity contribution in [3.8, 4) is 0 Å². The molecule has 0 amide bonds.